The van der Waals surface area contributed by atoms with Crippen LogP contribution < -0.4 is 0 Å². The Labute approximate surface area is 162 Å². The van der Waals surface area contributed by atoms with Crippen LogP contribution in [0.5, 0.6) is 0 Å². The summed E-state index contributed by atoms with van der Waals surface area (Å²) < 4.78 is 2.17. The van der Waals surface area contributed by atoms with E-state index in [1.54, 1.807) is 0 Å². The first-order valence-corrected chi connectivity index (χ1v) is 8.69. The van der Waals surface area contributed by atoms with Gasteiger partial charge in [0.1, 0.15) is 5.82 Å². The molecule has 0 saturated carbocycles. The van der Waals surface area contributed by atoms with Crippen molar-refractivity contribution < 1.29 is 0 Å². The molecule has 0 fully saturated rings. The lowest BCUT2D eigenvalue weighted by Gasteiger charge is -2.05. The van der Waals surface area contributed by atoms with Gasteiger partial charge in [0.15, 0.2) is 0 Å². The molecule has 0 atom stereocenters. The van der Waals surface area contributed by atoms with Crippen LogP contribution in [0.2, 0.25) is 0 Å². The van der Waals surface area contributed by atoms with E-state index in [4.69, 9.17) is 9.97 Å². The highest BCUT2D eigenvalue weighted by molar-refractivity contribution is 6.02. The number of benzene rings is 2. The molecular formula is C21H18ClN5. The monoisotopic (exact) mass is 375 g/mol. The largest absolute Gasteiger partial charge is 0.331 e. The average Bonchev–Trinajstić information content (AvgIpc) is 3.02. The number of hydrogen-bond acceptors (Lipinski definition) is 4. The Hall–Kier alpha value is -3.05. The summed E-state index contributed by atoms with van der Waals surface area (Å²) in [6.45, 7) is 0. The van der Waals surface area contributed by atoms with Crippen molar-refractivity contribution in [2.24, 2.45) is 7.05 Å². The molecule has 0 aliphatic carbocycles. The fourth-order valence-corrected chi connectivity index (χ4v) is 3.49. The Morgan fingerprint density at radius 2 is 1.59 bits per heavy atom. The minimum atomic E-state index is 0. The number of imidazole rings is 1. The minimum Gasteiger partial charge on any atom is -0.331 e. The average molecular weight is 376 g/mol. The number of fused-ring (bicyclic) bond motifs is 4. The normalized spacial score (nSPS) is 11.1. The lowest BCUT2D eigenvalue weighted by Crippen LogP contribution is -2.02. The standard InChI is InChI=1S/C21H17N5.ClH/c1-26-20(11-8-14-13-23-17-6-2-3-7-18(17)24-14)25-19-10-9-16-15(21(19)26)5-4-12-22-16;/h2-7,9-10,12-13H,8,11H2,1H3;1H. The topological polar surface area (TPSA) is 56.5 Å². The Morgan fingerprint density at radius 3 is 2.48 bits per heavy atom. The van der Waals surface area contributed by atoms with Crippen molar-refractivity contribution in [1.82, 2.24) is 24.5 Å². The summed E-state index contributed by atoms with van der Waals surface area (Å²) in [4.78, 5) is 18.5. The molecule has 3 heterocycles. The van der Waals surface area contributed by atoms with Crippen LogP contribution in [-0.2, 0) is 19.9 Å². The van der Waals surface area contributed by atoms with Gasteiger partial charge in [0, 0.05) is 31.2 Å². The van der Waals surface area contributed by atoms with Gasteiger partial charge >= 0.3 is 0 Å². The second-order valence-electron chi connectivity index (χ2n) is 6.44. The van der Waals surface area contributed by atoms with Gasteiger partial charge in [-0.1, -0.05) is 12.1 Å². The first-order chi connectivity index (χ1) is 12.8. The molecule has 5 nitrogen and oxygen atoms in total. The van der Waals surface area contributed by atoms with Gasteiger partial charge in [-0.05, 0) is 42.8 Å². The van der Waals surface area contributed by atoms with Crippen LogP contribution in [0.4, 0.5) is 0 Å². The maximum atomic E-state index is 4.83. The third kappa shape index (κ3) is 3.00. The van der Waals surface area contributed by atoms with Gasteiger partial charge in [0.25, 0.3) is 0 Å². The van der Waals surface area contributed by atoms with E-state index < -0.39 is 0 Å². The molecule has 27 heavy (non-hydrogen) atoms. The number of rotatable bonds is 3. The van der Waals surface area contributed by atoms with E-state index >= 15 is 0 Å². The van der Waals surface area contributed by atoms with Gasteiger partial charge in [0.05, 0.1) is 33.3 Å². The van der Waals surface area contributed by atoms with Crippen LogP contribution in [0.25, 0.3) is 33.0 Å². The summed E-state index contributed by atoms with van der Waals surface area (Å²) in [6.07, 6.45) is 5.32. The summed E-state index contributed by atoms with van der Waals surface area (Å²) in [6, 6.07) is 16.1. The Kier molecular flexibility index (Phi) is 4.46. The molecule has 0 N–H and O–H groups in total. The first kappa shape index (κ1) is 17.4. The quantitative estimate of drug-likeness (QED) is 0.472. The first-order valence-electron chi connectivity index (χ1n) is 8.69. The van der Waals surface area contributed by atoms with Crippen LogP contribution in [-0.4, -0.2) is 24.5 Å². The van der Waals surface area contributed by atoms with Crippen molar-refractivity contribution in [1.29, 1.82) is 0 Å². The van der Waals surface area contributed by atoms with Crippen molar-refractivity contribution in [3.05, 3.63) is 72.4 Å². The van der Waals surface area contributed by atoms with Crippen LogP contribution in [0.1, 0.15) is 11.5 Å². The van der Waals surface area contributed by atoms with Crippen molar-refractivity contribution >= 4 is 45.4 Å². The molecule has 0 aliphatic heterocycles. The van der Waals surface area contributed by atoms with Crippen molar-refractivity contribution in [2.75, 3.05) is 0 Å². The number of halogens is 1. The third-order valence-corrected chi connectivity index (χ3v) is 4.81. The lowest BCUT2D eigenvalue weighted by atomic mass is 10.2. The minimum absolute atomic E-state index is 0. The van der Waals surface area contributed by atoms with Gasteiger partial charge in [-0.3, -0.25) is 9.97 Å². The molecule has 0 unspecified atom stereocenters. The predicted octanol–water partition coefficient (Wildman–Crippen LogP) is 4.27. The van der Waals surface area contributed by atoms with Crippen molar-refractivity contribution in [2.45, 2.75) is 12.8 Å². The van der Waals surface area contributed by atoms with Crippen molar-refractivity contribution in [3.8, 4) is 0 Å². The Balaban J connectivity index is 0.00000180. The van der Waals surface area contributed by atoms with Gasteiger partial charge in [-0.15, -0.1) is 12.4 Å². The Morgan fingerprint density at radius 1 is 0.778 bits per heavy atom. The second-order valence-corrected chi connectivity index (χ2v) is 6.44. The van der Waals surface area contributed by atoms with Crippen LogP contribution >= 0.6 is 12.4 Å². The smallest absolute Gasteiger partial charge is 0.110 e. The molecule has 0 saturated heterocycles. The summed E-state index contributed by atoms with van der Waals surface area (Å²) in [7, 11) is 2.07. The van der Waals surface area contributed by atoms with E-state index in [9.17, 15) is 0 Å². The molecule has 5 rings (SSSR count). The number of para-hydroxylation sites is 2. The highest BCUT2D eigenvalue weighted by Crippen LogP contribution is 2.24. The SMILES string of the molecule is Cl.Cn1c(CCc2cnc3ccccc3n2)nc2ccc3ncccc3c21. The molecule has 5 aromatic rings. The van der Waals surface area contributed by atoms with Crippen molar-refractivity contribution in [3.63, 3.8) is 0 Å². The highest BCUT2D eigenvalue weighted by atomic mass is 35.5. The van der Waals surface area contributed by atoms with E-state index in [2.05, 4.69) is 27.6 Å². The number of nitrogens with zero attached hydrogens (tertiary/aromatic N) is 5. The van der Waals surface area contributed by atoms with Gasteiger partial charge < -0.3 is 4.57 Å². The predicted molar refractivity (Wildman–Crippen MR) is 110 cm³/mol. The fraction of sp³-hybridized carbons (Fsp3) is 0.143. The summed E-state index contributed by atoms with van der Waals surface area (Å²) in [5.41, 5.74) is 5.99. The molecule has 0 radical (unpaired) electrons. The number of aryl methyl sites for hydroxylation is 3. The van der Waals surface area contributed by atoms with E-state index in [0.717, 1.165) is 57.3 Å². The number of aromatic nitrogens is 5. The third-order valence-electron chi connectivity index (χ3n) is 4.81. The molecular weight excluding hydrogens is 358 g/mol. The molecule has 6 heteroatoms. The summed E-state index contributed by atoms with van der Waals surface area (Å²) in [5, 5.41) is 1.14. The maximum Gasteiger partial charge on any atom is 0.110 e. The van der Waals surface area contributed by atoms with Gasteiger partial charge in [-0.25, -0.2) is 9.97 Å². The van der Waals surface area contributed by atoms with E-state index in [-0.39, 0.29) is 12.4 Å². The van der Waals surface area contributed by atoms with Gasteiger partial charge in [-0.2, -0.15) is 0 Å². The zero-order valence-electron chi connectivity index (χ0n) is 14.8. The molecule has 0 aliphatic rings. The summed E-state index contributed by atoms with van der Waals surface area (Å²) >= 11 is 0. The van der Waals surface area contributed by atoms with Crippen LogP contribution in [0, 0.1) is 0 Å². The van der Waals surface area contributed by atoms with E-state index in [0.29, 0.717) is 0 Å². The lowest BCUT2D eigenvalue weighted by molar-refractivity contribution is 0.776. The number of pyridine rings is 1. The molecule has 2 aromatic carbocycles. The number of hydrogen-bond donors (Lipinski definition) is 0. The van der Waals surface area contributed by atoms with Crippen LogP contribution in [0.15, 0.2) is 60.9 Å². The molecule has 3 aromatic heterocycles. The summed E-state index contributed by atoms with van der Waals surface area (Å²) in [5.74, 6) is 1.05. The maximum absolute atomic E-state index is 4.83. The van der Waals surface area contributed by atoms with E-state index in [1.165, 1.54) is 0 Å². The molecule has 0 amide bonds. The molecule has 0 bridgehead atoms. The second kappa shape index (κ2) is 6.93. The zero-order chi connectivity index (χ0) is 17.5. The van der Waals surface area contributed by atoms with Gasteiger partial charge in [0.2, 0.25) is 0 Å². The van der Waals surface area contributed by atoms with E-state index in [1.807, 2.05) is 54.9 Å². The molecule has 0 spiro atoms. The Bertz CT molecular complexity index is 1260. The highest BCUT2D eigenvalue weighted by Gasteiger charge is 2.12. The van der Waals surface area contributed by atoms with Crippen LogP contribution in [0.3, 0.4) is 0 Å². The fourth-order valence-electron chi connectivity index (χ4n) is 3.49. The molecule has 134 valence electrons. The zero-order valence-corrected chi connectivity index (χ0v) is 15.6.